The average Bonchev–Trinajstić information content (AvgIpc) is 3.12. The van der Waals surface area contributed by atoms with E-state index in [0.717, 1.165) is 5.56 Å². The maximum atomic E-state index is 12.1. The van der Waals surface area contributed by atoms with E-state index in [4.69, 9.17) is 9.47 Å². The predicted octanol–water partition coefficient (Wildman–Crippen LogP) is 3.41. The molecule has 0 aromatic heterocycles. The molecule has 1 aliphatic heterocycles. The molecule has 9 nitrogen and oxygen atoms in total. The molecule has 0 fully saturated rings. The van der Waals surface area contributed by atoms with Crippen LogP contribution in [0.3, 0.4) is 0 Å². The van der Waals surface area contributed by atoms with Crippen LogP contribution in [0.2, 0.25) is 0 Å². The molecule has 0 spiro atoms. The van der Waals surface area contributed by atoms with Gasteiger partial charge in [-0.2, -0.15) is 0 Å². The Hall–Kier alpha value is -2.82. The molecule has 3 rings (SSSR count). The fourth-order valence-electron chi connectivity index (χ4n) is 4.05. The van der Waals surface area contributed by atoms with E-state index in [2.05, 4.69) is 0 Å². The molecule has 0 amide bonds. The number of rotatable bonds is 10. The minimum Gasteiger partial charge on any atom is -0.493 e. The fourth-order valence-corrected chi connectivity index (χ4v) is 4.48. The number of fused-ring (bicyclic) bond motifs is 1. The van der Waals surface area contributed by atoms with Gasteiger partial charge in [0.1, 0.15) is 6.29 Å². The summed E-state index contributed by atoms with van der Waals surface area (Å²) in [5, 5.41) is 11.5. The summed E-state index contributed by atoms with van der Waals surface area (Å²) in [6.07, 6.45) is 0.960. The molecule has 0 saturated heterocycles. The van der Waals surface area contributed by atoms with Gasteiger partial charge >= 0.3 is 0 Å². The maximum Gasteiger partial charge on any atom is 0.274 e. The quantitative estimate of drug-likeness (QED) is 0.254. The van der Waals surface area contributed by atoms with Gasteiger partial charge in [0.05, 0.1) is 36.0 Å². The number of benzene rings is 2. The SMILES string of the molecule is CCOc1cc(C(CCS(=O)O)N2Cc3cccc([N+](=O)[O-])c3[C@H]2C=O)ccc1OC. The minimum atomic E-state index is -2.03. The van der Waals surface area contributed by atoms with E-state index in [-0.39, 0.29) is 17.9 Å². The average molecular weight is 448 g/mol. The number of nitrogens with zero attached hydrogens (tertiary/aromatic N) is 2. The number of ether oxygens (including phenoxy) is 2. The first-order valence-electron chi connectivity index (χ1n) is 9.76. The Labute approximate surface area is 182 Å². The summed E-state index contributed by atoms with van der Waals surface area (Å²) >= 11 is -2.03. The number of nitro groups is 1. The van der Waals surface area contributed by atoms with Gasteiger partial charge in [-0.1, -0.05) is 18.2 Å². The summed E-state index contributed by atoms with van der Waals surface area (Å²) in [5.74, 6) is 1.05. The van der Waals surface area contributed by atoms with Crippen LogP contribution < -0.4 is 9.47 Å². The van der Waals surface area contributed by atoms with Crippen molar-refractivity contribution < 1.29 is 28.0 Å². The number of carbonyl (C=O) groups is 1. The molecule has 1 heterocycles. The lowest BCUT2D eigenvalue weighted by molar-refractivity contribution is -0.385. The summed E-state index contributed by atoms with van der Waals surface area (Å²) in [7, 11) is 1.53. The van der Waals surface area contributed by atoms with Gasteiger partial charge in [-0.05, 0) is 36.6 Å². The van der Waals surface area contributed by atoms with Crippen LogP contribution in [0.4, 0.5) is 5.69 Å². The Morgan fingerprint density at radius 2 is 2.13 bits per heavy atom. The highest BCUT2D eigenvalue weighted by Crippen LogP contribution is 2.45. The number of carbonyl (C=O) groups excluding carboxylic acids is 1. The van der Waals surface area contributed by atoms with Crippen LogP contribution in [0.15, 0.2) is 36.4 Å². The van der Waals surface area contributed by atoms with Crippen molar-refractivity contribution >= 4 is 23.1 Å². The monoisotopic (exact) mass is 448 g/mol. The van der Waals surface area contributed by atoms with Crippen molar-refractivity contribution in [1.82, 2.24) is 4.90 Å². The smallest absolute Gasteiger partial charge is 0.274 e. The van der Waals surface area contributed by atoms with Crippen molar-refractivity contribution in [3.63, 3.8) is 0 Å². The molecule has 0 radical (unpaired) electrons. The van der Waals surface area contributed by atoms with Gasteiger partial charge in [0.15, 0.2) is 22.6 Å². The molecule has 3 atom stereocenters. The molecule has 2 unspecified atom stereocenters. The zero-order chi connectivity index (χ0) is 22.5. The third kappa shape index (κ3) is 4.76. The van der Waals surface area contributed by atoms with Gasteiger partial charge in [0.25, 0.3) is 5.69 Å². The molecule has 1 N–H and O–H groups in total. The first kappa shape index (κ1) is 22.9. The number of nitro benzene ring substituents is 1. The van der Waals surface area contributed by atoms with Gasteiger partial charge < -0.3 is 18.8 Å². The summed E-state index contributed by atoms with van der Waals surface area (Å²) in [5.41, 5.74) is 1.72. The van der Waals surface area contributed by atoms with E-state index in [9.17, 15) is 23.7 Å². The van der Waals surface area contributed by atoms with Crippen molar-refractivity contribution in [2.45, 2.75) is 32.0 Å². The molecule has 0 aliphatic carbocycles. The van der Waals surface area contributed by atoms with Crippen molar-refractivity contribution in [3.05, 3.63) is 63.2 Å². The fraction of sp³-hybridized carbons (Fsp3) is 0.381. The van der Waals surface area contributed by atoms with Crippen LogP contribution in [-0.2, 0) is 22.4 Å². The van der Waals surface area contributed by atoms with Crippen LogP contribution in [0, 0.1) is 10.1 Å². The van der Waals surface area contributed by atoms with Crippen LogP contribution in [0.5, 0.6) is 11.5 Å². The second-order valence-corrected chi connectivity index (χ2v) is 8.08. The first-order valence-corrected chi connectivity index (χ1v) is 11.0. The van der Waals surface area contributed by atoms with Gasteiger partial charge in [-0.3, -0.25) is 15.0 Å². The van der Waals surface area contributed by atoms with E-state index in [1.807, 2.05) is 17.9 Å². The number of aldehydes is 1. The Morgan fingerprint density at radius 1 is 1.35 bits per heavy atom. The topological polar surface area (TPSA) is 119 Å². The van der Waals surface area contributed by atoms with Crippen LogP contribution in [0.1, 0.15) is 42.1 Å². The Balaban J connectivity index is 2.06. The molecule has 10 heteroatoms. The molecule has 1 aliphatic rings. The number of methoxy groups -OCH3 is 1. The summed E-state index contributed by atoms with van der Waals surface area (Å²) in [6, 6.07) is 8.80. The lowest BCUT2D eigenvalue weighted by Crippen LogP contribution is -2.29. The second kappa shape index (κ2) is 9.99. The minimum absolute atomic E-state index is 0.0127. The van der Waals surface area contributed by atoms with Crippen molar-refractivity contribution in [3.8, 4) is 11.5 Å². The maximum absolute atomic E-state index is 12.1. The first-order chi connectivity index (χ1) is 14.9. The van der Waals surface area contributed by atoms with Crippen LogP contribution in [-0.4, -0.2) is 44.3 Å². The third-order valence-electron chi connectivity index (χ3n) is 5.34. The molecule has 166 valence electrons. The lowest BCUT2D eigenvalue weighted by atomic mass is 9.99. The van der Waals surface area contributed by atoms with Gasteiger partial charge in [-0.25, -0.2) is 4.21 Å². The summed E-state index contributed by atoms with van der Waals surface area (Å²) in [4.78, 5) is 25.0. The van der Waals surface area contributed by atoms with E-state index in [0.29, 0.717) is 42.1 Å². The van der Waals surface area contributed by atoms with Gasteiger partial charge in [0, 0.05) is 18.7 Å². The predicted molar refractivity (Wildman–Crippen MR) is 115 cm³/mol. The second-order valence-electron chi connectivity index (χ2n) is 7.03. The van der Waals surface area contributed by atoms with Gasteiger partial charge in [-0.15, -0.1) is 0 Å². The molecule has 2 aromatic rings. The number of hydrogen-bond donors (Lipinski definition) is 1. The number of hydrogen-bond acceptors (Lipinski definition) is 7. The highest BCUT2D eigenvalue weighted by atomic mass is 32.2. The largest absolute Gasteiger partial charge is 0.493 e. The molecule has 31 heavy (non-hydrogen) atoms. The normalized spacial score (nSPS) is 17.6. The van der Waals surface area contributed by atoms with Crippen molar-refractivity contribution in [1.29, 1.82) is 0 Å². The Bertz CT molecular complexity index is 998. The van der Waals surface area contributed by atoms with E-state index >= 15 is 0 Å². The zero-order valence-corrected chi connectivity index (χ0v) is 18.0. The molecule has 0 bridgehead atoms. The summed E-state index contributed by atoms with van der Waals surface area (Å²) < 4.78 is 31.8. The molecular weight excluding hydrogens is 424 g/mol. The van der Waals surface area contributed by atoms with E-state index in [1.165, 1.54) is 13.2 Å². The van der Waals surface area contributed by atoms with Crippen molar-refractivity contribution in [2.24, 2.45) is 0 Å². The van der Waals surface area contributed by atoms with Crippen molar-refractivity contribution in [2.75, 3.05) is 19.5 Å². The molecule has 2 aromatic carbocycles. The molecular formula is C21H24N2O7S. The lowest BCUT2D eigenvalue weighted by Gasteiger charge is -2.31. The zero-order valence-electron chi connectivity index (χ0n) is 17.2. The Kier molecular flexibility index (Phi) is 7.37. The van der Waals surface area contributed by atoms with Gasteiger partial charge in [0.2, 0.25) is 0 Å². The summed E-state index contributed by atoms with van der Waals surface area (Å²) in [6.45, 7) is 2.57. The highest BCUT2D eigenvalue weighted by Gasteiger charge is 2.40. The third-order valence-corrected chi connectivity index (χ3v) is 5.93. The van der Waals surface area contributed by atoms with Crippen LogP contribution >= 0.6 is 0 Å². The Morgan fingerprint density at radius 3 is 2.74 bits per heavy atom. The molecule has 0 saturated carbocycles. The van der Waals surface area contributed by atoms with Crippen LogP contribution in [0.25, 0.3) is 0 Å². The standard InChI is InChI=1S/C21H24N2O7S/c1-3-30-20-11-14(7-8-19(20)29-2)16(9-10-31(27)28)22-12-15-5-4-6-17(23(25)26)21(15)18(22)13-24/h4-8,11,13,16,18H,3,9-10,12H2,1-2H3,(H,27,28)/t16?,18-/m1/s1. The van der Waals surface area contributed by atoms with E-state index < -0.39 is 28.1 Å². The highest BCUT2D eigenvalue weighted by molar-refractivity contribution is 7.79. The van der Waals surface area contributed by atoms with E-state index in [1.54, 1.807) is 24.3 Å².